The number of aromatic nitrogens is 1. The molecule has 0 aromatic carbocycles. The van der Waals surface area contributed by atoms with E-state index in [0.717, 1.165) is 37.7 Å². The minimum Gasteiger partial charge on any atom is -0.465 e. The predicted molar refractivity (Wildman–Crippen MR) is 75.7 cm³/mol. The fourth-order valence-corrected chi connectivity index (χ4v) is 1.92. The van der Waals surface area contributed by atoms with Gasteiger partial charge in [-0.25, -0.2) is 0 Å². The van der Waals surface area contributed by atoms with E-state index in [1.165, 1.54) is 5.56 Å². The summed E-state index contributed by atoms with van der Waals surface area (Å²) in [5.74, 6) is 1.99. The molecule has 0 atom stereocenters. The summed E-state index contributed by atoms with van der Waals surface area (Å²) in [7, 11) is 2.10. The number of likely N-dealkylation sites (N-methyl/N-ethyl adjacent to an activating group) is 1. The molecule has 102 valence electrons. The minimum atomic E-state index is 0.850. The third kappa shape index (κ3) is 4.85. The van der Waals surface area contributed by atoms with Crippen LogP contribution in [0.2, 0.25) is 0 Å². The normalized spacial score (nSPS) is 11.1. The van der Waals surface area contributed by atoms with Crippen molar-refractivity contribution >= 4 is 0 Å². The van der Waals surface area contributed by atoms with Crippen molar-refractivity contribution in [2.24, 2.45) is 0 Å². The molecule has 0 aliphatic heterocycles. The standard InChI is InChI=1S/C15H21N3O/c1-13-5-6-15(19-13)12-18(2)9-8-17-11-14-4-3-7-16-10-14/h3-7,10,17H,8-9,11-12H2,1-2H3. The Labute approximate surface area is 114 Å². The number of nitrogens with zero attached hydrogens (tertiary/aromatic N) is 2. The van der Waals surface area contributed by atoms with Crippen molar-refractivity contribution in [2.45, 2.75) is 20.0 Å². The van der Waals surface area contributed by atoms with Gasteiger partial charge in [0.15, 0.2) is 0 Å². The lowest BCUT2D eigenvalue weighted by molar-refractivity contribution is 0.291. The van der Waals surface area contributed by atoms with Gasteiger partial charge < -0.3 is 9.73 Å². The maximum Gasteiger partial charge on any atom is 0.118 e. The zero-order chi connectivity index (χ0) is 13.5. The molecule has 0 unspecified atom stereocenters. The second-order valence-corrected chi connectivity index (χ2v) is 4.79. The first-order valence-corrected chi connectivity index (χ1v) is 6.57. The van der Waals surface area contributed by atoms with Crippen molar-refractivity contribution in [3.63, 3.8) is 0 Å². The molecule has 19 heavy (non-hydrogen) atoms. The second-order valence-electron chi connectivity index (χ2n) is 4.79. The van der Waals surface area contributed by atoms with Gasteiger partial charge in [0.1, 0.15) is 11.5 Å². The summed E-state index contributed by atoms with van der Waals surface area (Å²) < 4.78 is 5.56. The van der Waals surface area contributed by atoms with Crippen LogP contribution >= 0.6 is 0 Å². The van der Waals surface area contributed by atoms with Crippen molar-refractivity contribution in [1.29, 1.82) is 0 Å². The van der Waals surface area contributed by atoms with E-state index in [1.807, 2.05) is 31.3 Å². The van der Waals surface area contributed by atoms with Crippen LogP contribution in [0.1, 0.15) is 17.1 Å². The molecule has 2 heterocycles. The molecule has 0 radical (unpaired) electrons. The summed E-state index contributed by atoms with van der Waals surface area (Å²) in [5, 5.41) is 3.41. The number of aryl methyl sites for hydroxylation is 1. The highest BCUT2D eigenvalue weighted by molar-refractivity contribution is 5.07. The summed E-state index contributed by atoms with van der Waals surface area (Å²) in [6.45, 7) is 5.62. The zero-order valence-corrected chi connectivity index (χ0v) is 11.6. The average molecular weight is 259 g/mol. The Morgan fingerprint density at radius 2 is 2.21 bits per heavy atom. The number of rotatable bonds is 7. The monoisotopic (exact) mass is 259 g/mol. The van der Waals surface area contributed by atoms with Crippen LogP contribution in [0.3, 0.4) is 0 Å². The van der Waals surface area contributed by atoms with Crippen LogP contribution in [0.15, 0.2) is 41.1 Å². The van der Waals surface area contributed by atoms with Gasteiger partial charge >= 0.3 is 0 Å². The van der Waals surface area contributed by atoms with Gasteiger partial charge in [-0.15, -0.1) is 0 Å². The summed E-state index contributed by atoms with van der Waals surface area (Å²) in [6.07, 6.45) is 3.69. The van der Waals surface area contributed by atoms with Crippen molar-refractivity contribution < 1.29 is 4.42 Å². The molecule has 0 aliphatic carbocycles. The number of pyridine rings is 1. The predicted octanol–water partition coefficient (Wildman–Crippen LogP) is 2.20. The maximum absolute atomic E-state index is 5.56. The van der Waals surface area contributed by atoms with Gasteiger partial charge in [0.2, 0.25) is 0 Å². The van der Waals surface area contributed by atoms with Gasteiger partial charge in [0.05, 0.1) is 6.54 Å². The van der Waals surface area contributed by atoms with Crippen molar-refractivity contribution in [3.8, 4) is 0 Å². The molecular formula is C15H21N3O. The van der Waals surface area contributed by atoms with E-state index >= 15 is 0 Å². The molecule has 2 aromatic rings. The van der Waals surface area contributed by atoms with E-state index in [9.17, 15) is 0 Å². The van der Waals surface area contributed by atoms with Gasteiger partial charge in [0.25, 0.3) is 0 Å². The SMILES string of the molecule is Cc1ccc(CN(C)CCNCc2cccnc2)o1. The van der Waals surface area contributed by atoms with Gasteiger partial charge in [-0.05, 0) is 37.7 Å². The molecule has 1 N–H and O–H groups in total. The summed E-state index contributed by atoms with van der Waals surface area (Å²) in [5.41, 5.74) is 1.21. The Balaban J connectivity index is 1.63. The summed E-state index contributed by atoms with van der Waals surface area (Å²) in [4.78, 5) is 6.34. The molecule has 0 saturated carbocycles. The van der Waals surface area contributed by atoms with E-state index in [4.69, 9.17) is 4.42 Å². The van der Waals surface area contributed by atoms with E-state index in [1.54, 1.807) is 6.20 Å². The summed E-state index contributed by atoms with van der Waals surface area (Å²) in [6, 6.07) is 8.08. The van der Waals surface area contributed by atoms with Gasteiger partial charge in [-0.2, -0.15) is 0 Å². The van der Waals surface area contributed by atoms with E-state index in [-0.39, 0.29) is 0 Å². The Morgan fingerprint density at radius 3 is 2.89 bits per heavy atom. The van der Waals surface area contributed by atoms with Crippen LogP contribution < -0.4 is 5.32 Å². The Bertz CT molecular complexity index is 481. The highest BCUT2D eigenvalue weighted by Crippen LogP contribution is 2.08. The Morgan fingerprint density at radius 1 is 1.32 bits per heavy atom. The third-order valence-corrected chi connectivity index (χ3v) is 2.94. The fraction of sp³-hybridized carbons (Fsp3) is 0.400. The summed E-state index contributed by atoms with van der Waals surface area (Å²) >= 11 is 0. The first kappa shape index (κ1) is 13.8. The van der Waals surface area contributed by atoms with Crippen LogP contribution in [0.4, 0.5) is 0 Å². The largest absolute Gasteiger partial charge is 0.465 e. The number of hydrogen-bond acceptors (Lipinski definition) is 4. The van der Waals surface area contributed by atoms with E-state index < -0.39 is 0 Å². The Hall–Kier alpha value is -1.65. The lowest BCUT2D eigenvalue weighted by atomic mass is 10.3. The zero-order valence-electron chi connectivity index (χ0n) is 11.6. The highest BCUT2D eigenvalue weighted by Gasteiger charge is 2.03. The molecule has 2 aromatic heterocycles. The van der Waals surface area contributed by atoms with Crippen LogP contribution in [0, 0.1) is 6.92 Å². The van der Waals surface area contributed by atoms with Crippen LogP contribution in [0.25, 0.3) is 0 Å². The average Bonchev–Trinajstić information content (AvgIpc) is 2.81. The molecular weight excluding hydrogens is 238 g/mol. The van der Waals surface area contributed by atoms with Crippen LogP contribution in [-0.4, -0.2) is 30.0 Å². The minimum absolute atomic E-state index is 0.850. The lowest BCUT2D eigenvalue weighted by Crippen LogP contribution is -2.28. The van der Waals surface area contributed by atoms with Crippen molar-refractivity contribution in [2.75, 3.05) is 20.1 Å². The maximum atomic E-state index is 5.56. The van der Waals surface area contributed by atoms with Gasteiger partial charge in [-0.1, -0.05) is 6.07 Å². The molecule has 0 spiro atoms. The lowest BCUT2D eigenvalue weighted by Gasteiger charge is -2.15. The quantitative estimate of drug-likeness (QED) is 0.774. The number of furan rings is 1. The first-order valence-electron chi connectivity index (χ1n) is 6.57. The van der Waals surface area contributed by atoms with E-state index in [0.29, 0.717) is 0 Å². The second kappa shape index (κ2) is 7.07. The molecule has 4 heteroatoms. The highest BCUT2D eigenvalue weighted by atomic mass is 16.3. The first-order chi connectivity index (χ1) is 9.24. The molecule has 0 aliphatic rings. The third-order valence-electron chi connectivity index (χ3n) is 2.94. The van der Waals surface area contributed by atoms with Crippen LogP contribution in [0.5, 0.6) is 0 Å². The molecule has 0 amide bonds. The molecule has 2 rings (SSSR count). The number of hydrogen-bond donors (Lipinski definition) is 1. The molecule has 0 bridgehead atoms. The molecule has 0 fully saturated rings. The smallest absolute Gasteiger partial charge is 0.118 e. The van der Waals surface area contributed by atoms with E-state index in [2.05, 4.69) is 28.3 Å². The van der Waals surface area contributed by atoms with Crippen molar-refractivity contribution in [1.82, 2.24) is 15.2 Å². The Kier molecular flexibility index (Phi) is 5.12. The molecule has 0 saturated heterocycles. The van der Waals surface area contributed by atoms with Crippen molar-refractivity contribution in [3.05, 3.63) is 53.7 Å². The van der Waals surface area contributed by atoms with Gasteiger partial charge in [-0.3, -0.25) is 9.88 Å². The van der Waals surface area contributed by atoms with Gasteiger partial charge in [0, 0.05) is 32.0 Å². The fourth-order valence-electron chi connectivity index (χ4n) is 1.92. The topological polar surface area (TPSA) is 41.3 Å². The number of nitrogens with one attached hydrogen (secondary N) is 1. The van der Waals surface area contributed by atoms with Crippen LogP contribution in [-0.2, 0) is 13.1 Å². The molecule has 4 nitrogen and oxygen atoms in total.